The highest BCUT2D eigenvalue weighted by Gasteiger charge is 2.13. The third-order valence-electron chi connectivity index (χ3n) is 1.33. The van der Waals surface area contributed by atoms with Crippen LogP contribution in [-0.4, -0.2) is 27.9 Å². The fraction of sp³-hybridized carbons (Fsp3) is 1.00. The standard InChI is InChI=1S/C9H19ClS2/c1-9(2,3)12-7-8(10)5-6-11-4/h8H,5-7H2,1-4H3. The second-order valence-corrected chi connectivity index (χ2v) is 7.25. The molecule has 1 atom stereocenters. The van der Waals surface area contributed by atoms with Crippen molar-refractivity contribution < 1.29 is 0 Å². The van der Waals surface area contributed by atoms with Crippen LogP contribution < -0.4 is 0 Å². The summed E-state index contributed by atoms with van der Waals surface area (Å²) in [6.45, 7) is 6.70. The largest absolute Gasteiger partial charge is 0.165 e. The lowest BCUT2D eigenvalue weighted by Gasteiger charge is -2.19. The first-order valence-corrected chi connectivity index (χ1v) is 7.04. The SMILES string of the molecule is CSCCC(Cl)CSC(C)(C)C. The maximum atomic E-state index is 6.13. The van der Waals surface area contributed by atoms with E-state index in [4.69, 9.17) is 11.6 Å². The molecule has 0 nitrogen and oxygen atoms in total. The van der Waals surface area contributed by atoms with Gasteiger partial charge in [0.25, 0.3) is 0 Å². The van der Waals surface area contributed by atoms with Crippen LogP contribution in [0.4, 0.5) is 0 Å². The van der Waals surface area contributed by atoms with Crippen LogP contribution in [0, 0.1) is 0 Å². The molecule has 0 saturated carbocycles. The molecule has 0 aliphatic heterocycles. The van der Waals surface area contributed by atoms with Crippen LogP contribution in [0.3, 0.4) is 0 Å². The second-order valence-electron chi connectivity index (χ2n) is 3.80. The van der Waals surface area contributed by atoms with Crippen LogP contribution in [0.15, 0.2) is 0 Å². The first-order chi connectivity index (χ1) is 5.45. The Bertz CT molecular complexity index is 110. The van der Waals surface area contributed by atoms with E-state index in [-0.39, 0.29) is 0 Å². The summed E-state index contributed by atoms with van der Waals surface area (Å²) in [5.41, 5.74) is 0. The summed E-state index contributed by atoms with van der Waals surface area (Å²) in [5.74, 6) is 2.25. The smallest absolute Gasteiger partial charge is 0.0434 e. The molecule has 0 aliphatic carbocycles. The highest BCUT2D eigenvalue weighted by Crippen LogP contribution is 2.26. The summed E-state index contributed by atoms with van der Waals surface area (Å²) < 4.78 is 0.354. The zero-order valence-corrected chi connectivity index (χ0v) is 10.8. The second kappa shape index (κ2) is 6.44. The molecule has 12 heavy (non-hydrogen) atoms. The first-order valence-electron chi connectivity index (χ1n) is 4.22. The van der Waals surface area contributed by atoms with Crippen LogP contribution in [0.2, 0.25) is 0 Å². The van der Waals surface area contributed by atoms with E-state index in [9.17, 15) is 0 Å². The summed E-state index contributed by atoms with van der Waals surface area (Å²) in [6.07, 6.45) is 3.26. The maximum absolute atomic E-state index is 6.13. The number of hydrogen-bond acceptors (Lipinski definition) is 2. The Balaban J connectivity index is 3.37. The predicted octanol–water partition coefficient (Wildman–Crippen LogP) is 3.88. The molecule has 0 aromatic rings. The Morgan fingerprint density at radius 1 is 1.33 bits per heavy atom. The van der Waals surface area contributed by atoms with Crippen LogP contribution in [-0.2, 0) is 0 Å². The van der Waals surface area contributed by atoms with Gasteiger partial charge in [-0.05, 0) is 18.4 Å². The Labute approximate surface area is 90.2 Å². The molecule has 0 aliphatic rings. The molecule has 0 saturated heterocycles. The van der Waals surface area contributed by atoms with Gasteiger partial charge in [-0.2, -0.15) is 23.5 Å². The third kappa shape index (κ3) is 9.08. The topological polar surface area (TPSA) is 0 Å². The van der Waals surface area contributed by atoms with Gasteiger partial charge in [-0.1, -0.05) is 20.8 Å². The van der Waals surface area contributed by atoms with Gasteiger partial charge >= 0.3 is 0 Å². The molecule has 0 fully saturated rings. The van der Waals surface area contributed by atoms with Gasteiger partial charge in [-0.25, -0.2) is 0 Å². The molecule has 0 aromatic carbocycles. The summed E-state index contributed by atoms with van der Waals surface area (Å²) >= 11 is 9.95. The lowest BCUT2D eigenvalue weighted by molar-refractivity contribution is 0.796. The average Bonchev–Trinajstić information content (AvgIpc) is 1.95. The van der Waals surface area contributed by atoms with Crippen molar-refractivity contribution in [3.8, 4) is 0 Å². The Hall–Kier alpha value is 0.990. The van der Waals surface area contributed by atoms with Crippen molar-refractivity contribution in [2.24, 2.45) is 0 Å². The van der Waals surface area contributed by atoms with E-state index < -0.39 is 0 Å². The van der Waals surface area contributed by atoms with Gasteiger partial charge in [0.2, 0.25) is 0 Å². The average molecular weight is 227 g/mol. The van der Waals surface area contributed by atoms with E-state index >= 15 is 0 Å². The van der Waals surface area contributed by atoms with Crippen molar-refractivity contribution in [3.05, 3.63) is 0 Å². The zero-order valence-electron chi connectivity index (χ0n) is 8.39. The van der Waals surface area contributed by atoms with Crippen LogP contribution in [0.1, 0.15) is 27.2 Å². The molecule has 74 valence electrons. The minimum absolute atomic E-state index is 0.349. The van der Waals surface area contributed by atoms with Crippen molar-refractivity contribution >= 4 is 35.1 Å². The molecular weight excluding hydrogens is 208 g/mol. The molecule has 0 rings (SSSR count). The van der Waals surface area contributed by atoms with Gasteiger partial charge in [-0.3, -0.25) is 0 Å². The fourth-order valence-electron chi connectivity index (χ4n) is 0.669. The molecule has 0 aromatic heterocycles. The maximum Gasteiger partial charge on any atom is 0.0434 e. The number of hydrogen-bond donors (Lipinski definition) is 0. The summed E-state index contributed by atoms with van der Waals surface area (Å²) in [4.78, 5) is 0. The number of alkyl halides is 1. The Morgan fingerprint density at radius 3 is 2.33 bits per heavy atom. The van der Waals surface area contributed by atoms with Crippen molar-refractivity contribution in [1.29, 1.82) is 0 Å². The van der Waals surface area contributed by atoms with Crippen LogP contribution >= 0.6 is 35.1 Å². The van der Waals surface area contributed by atoms with Gasteiger partial charge < -0.3 is 0 Å². The fourth-order valence-corrected chi connectivity index (χ4v) is 2.46. The Morgan fingerprint density at radius 2 is 1.92 bits per heavy atom. The molecular formula is C9H19ClS2. The molecule has 3 heteroatoms. The highest BCUT2D eigenvalue weighted by molar-refractivity contribution is 8.00. The van der Waals surface area contributed by atoms with E-state index in [1.165, 1.54) is 5.75 Å². The van der Waals surface area contributed by atoms with E-state index in [0.29, 0.717) is 10.1 Å². The highest BCUT2D eigenvalue weighted by atomic mass is 35.5. The van der Waals surface area contributed by atoms with Gasteiger partial charge in [-0.15, -0.1) is 11.6 Å². The molecule has 0 amide bonds. The summed E-state index contributed by atoms with van der Waals surface area (Å²) in [6, 6.07) is 0. The molecule has 0 heterocycles. The predicted molar refractivity (Wildman–Crippen MR) is 64.9 cm³/mol. The van der Waals surface area contributed by atoms with Crippen molar-refractivity contribution in [2.75, 3.05) is 17.8 Å². The number of rotatable bonds is 5. The minimum atomic E-state index is 0.349. The van der Waals surface area contributed by atoms with E-state index in [2.05, 4.69) is 27.0 Å². The molecule has 1 unspecified atom stereocenters. The molecule has 0 radical (unpaired) electrons. The summed E-state index contributed by atoms with van der Waals surface area (Å²) in [5, 5.41) is 0.349. The lowest BCUT2D eigenvalue weighted by Crippen LogP contribution is -2.13. The van der Waals surface area contributed by atoms with E-state index in [0.717, 1.165) is 12.2 Å². The minimum Gasteiger partial charge on any atom is -0.165 e. The van der Waals surface area contributed by atoms with Crippen molar-refractivity contribution in [3.63, 3.8) is 0 Å². The van der Waals surface area contributed by atoms with E-state index in [1.807, 2.05) is 23.5 Å². The zero-order chi connectivity index (χ0) is 9.61. The van der Waals surface area contributed by atoms with Gasteiger partial charge in [0.05, 0.1) is 0 Å². The van der Waals surface area contributed by atoms with Crippen molar-refractivity contribution in [1.82, 2.24) is 0 Å². The van der Waals surface area contributed by atoms with Gasteiger partial charge in [0.15, 0.2) is 0 Å². The summed E-state index contributed by atoms with van der Waals surface area (Å²) in [7, 11) is 0. The van der Waals surface area contributed by atoms with Crippen molar-refractivity contribution in [2.45, 2.75) is 37.3 Å². The van der Waals surface area contributed by atoms with Gasteiger partial charge in [0, 0.05) is 15.9 Å². The third-order valence-corrected chi connectivity index (χ3v) is 3.97. The lowest BCUT2D eigenvalue weighted by atomic mass is 10.3. The number of thioether (sulfide) groups is 2. The normalized spacial score (nSPS) is 14.8. The van der Waals surface area contributed by atoms with Crippen LogP contribution in [0.25, 0.3) is 0 Å². The molecule has 0 N–H and O–H groups in total. The molecule has 0 bridgehead atoms. The number of halogens is 1. The Kier molecular flexibility index (Phi) is 6.98. The quantitative estimate of drug-likeness (QED) is 0.653. The monoisotopic (exact) mass is 226 g/mol. The van der Waals surface area contributed by atoms with Crippen LogP contribution in [0.5, 0.6) is 0 Å². The first kappa shape index (κ1) is 13.0. The molecule has 0 spiro atoms. The van der Waals surface area contributed by atoms with E-state index in [1.54, 1.807) is 0 Å². The van der Waals surface area contributed by atoms with Gasteiger partial charge in [0.1, 0.15) is 0 Å².